The highest BCUT2D eigenvalue weighted by atomic mass is 79.9. The summed E-state index contributed by atoms with van der Waals surface area (Å²) in [5, 5.41) is 11.9. The second-order valence-electron chi connectivity index (χ2n) is 4.19. The molecule has 0 radical (unpaired) electrons. The molecule has 0 aliphatic carbocycles. The van der Waals surface area contributed by atoms with Gasteiger partial charge in [-0.2, -0.15) is 0 Å². The van der Waals surface area contributed by atoms with Gasteiger partial charge in [0.25, 0.3) is 0 Å². The van der Waals surface area contributed by atoms with Crippen molar-refractivity contribution in [1.29, 1.82) is 0 Å². The first-order chi connectivity index (χ1) is 9.69. The summed E-state index contributed by atoms with van der Waals surface area (Å²) in [6, 6.07) is 14.8. The topological polar surface area (TPSA) is 49.3 Å². The van der Waals surface area contributed by atoms with Crippen molar-refractivity contribution in [2.45, 2.75) is 6.61 Å². The van der Waals surface area contributed by atoms with Gasteiger partial charge in [0, 0.05) is 21.8 Å². The van der Waals surface area contributed by atoms with Gasteiger partial charge in [-0.3, -0.25) is 4.79 Å². The van der Waals surface area contributed by atoms with Crippen molar-refractivity contribution in [1.82, 2.24) is 0 Å². The Bertz CT molecular complexity index is 638. The lowest BCUT2D eigenvalue weighted by Crippen LogP contribution is -2.09. The summed E-state index contributed by atoms with van der Waals surface area (Å²) in [6.45, 7) is -0.105. The third-order valence-electron chi connectivity index (χ3n) is 2.72. The Morgan fingerprint density at radius 3 is 2.75 bits per heavy atom. The lowest BCUT2D eigenvalue weighted by Gasteiger charge is -2.06. The number of carbonyl (C=O) groups is 1. The number of para-hydroxylation sites is 1. The van der Waals surface area contributed by atoms with Crippen LogP contribution in [-0.2, 0) is 11.4 Å². The van der Waals surface area contributed by atoms with E-state index in [2.05, 4.69) is 21.2 Å². The molecule has 2 aromatic rings. The third kappa shape index (κ3) is 4.05. The fraction of sp³-hybridized carbons (Fsp3) is 0.0625. The van der Waals surface area contributed by atoms with Crippen LogP contribution in [0.15, 0.2) is 59.1 Å². The van der Waals surface area contributed by atoms with Crippen molar-refractivity contribution in [3.05, 3.63) is 70.2 Å². The Balaban J connectivity index is 2.06. The van der Waals surface area contributed by atoms with Crippen molar-refractivity contribution in [2.75, 3.05) is 5.32 Å². The number of halogens is 1. The van der Waals surface area contributed by atoms with E-state index in [1.165, 1.54) is 6.08 Å². The van der Waals surface area contributed by atoms with E-state index in [1.54, 1.807) is 18.2 Å². The highest BCUT2D eigenvalue weighted by Gasteiger charge is 2.02. The Hall–Kier alpha value is -1.91. The lowest BCUT2D eigenvalue weighted by atomic mass is 10.2. The van der Waals surface area contributed by atoms with Gasteiger partial charge in [0.15, 0.2) is 0 Å². The number of anilines is 1. The maximum atomic E-state index is 11.8. The number of carbonyl (C=O) groups excluding carboxylic acids is 1. The Kier molecular flexibility index (Phi) is 5.09. The van der Waals surface area contributed by atoms with Crippen LogP contribution in [0.3, 0.4) is 0 Å². The zero-order valence-corrected chi connectivity index (χ0v) is 12.3. The molecule has 0 fully saturated rings. The van der Waals surface area contributed by atoms with Gasteiger partial charge in [-0.05, 0) is 29.8 Å². The van der Waals surface area contributed by atoms with Crippen LogP contribution in [0.2, 0.25) is 0 Å². The number of amides is 1. The number of hydrogen-bond acceptors (Lipinski definition) is 2. The Labute approximate surface area is 126 Å². The maximum Gasteiger partial charge on any atom is 0.248 e. The zero-order chi connectivity index (χ0) is 14.4. The number of benzene rings is 2. The summed E-state index contributed by atoms with van der Waals surface area (Å²) in [5.41, 5.74) is 2.25. The smallest absolute Gasteiger partial charge is 0.248 e. The fourth-order valence-electron chi connectivity index (χ4n) is 1.74. The fourth-order valence-corrected chi connectivity index (χ4v) is 2.15. The van der Waals surface area contributed by atoms with Crippen LogP contribution in [0.25, 0.3) is 6.08 Å². The van der Waals surface area contributed by atoms with Crippen LogP contribution < -0.4 is 5.32 Å². The largest absolute Gasteiger partial charge is 0.392 e. The number of nitrogens with one attached hydrogen (secondary N) is 1. The first-order valence-corrected chi connectivity index (χ1v) is 6.92. The molecule has 0 heterocycles. The molecule has 102 valence electrons. The Morgan fingerprint density at radius 1 is 1.20 bits per heavy atom. The highest BCUT2D eigenvalue weighted by Crippen LogP contribution is 2.15. The van der Waals surface area contributed by atoms with Crippen LogP contribution in [-0.4, -0.2) is 11.0 Å². The van der Waals surface area contributed by atoms with Crippen LogP contribution in [0.1, 0.15) is 11.1 Å². The summed E-state index contributed by atoms with van der Waals surface area (Å²) < 4.78 is 0.964. The third-order valence-corrected chi connectivity index (χ3v) is 3.21. The molecule has 0 saturated carbocycles. The van der Waals surface area contributed by atoms with E-state index in [4.69, 9.17) is 0 Å². The second kappa shape index (κ2) is 7.03. The molecule has 0 aliphatic rings. The first kappa shape index (κ1) is 14.5. The van der Waals surface area contributed by atoms with E-state index in [9.17, 15) is 9.90 Å². The molecule has 0 aliphatic heterocycles. The molecule has 20 heavy (non-hydrogen) atoms. The molecular weight excluding hydrogens is 318 g/mol. The van der Waals surface area contributed by atoms with Gasteiger partial charge in [0.05, 0.1) is 6.61 Å². The number of aliphatic hydroxyl groups is 1. The molecule has 3 nitrogen and oxygen atoms in total. The summed E-state index contributed by atoms with van der Waals surface area (Å²) in [6.07, 6.45) is 3.21. The van der Waals surface area contributed by atoms with Gasteiger partial charge in [-0.1, -0.05) is 46.3 Å². The zero-order valence-electron chi connectivity index (χ0n) is 10.7. The van der Waals surface area contributed by atoms with Crippen molar-refractivity contribution in [3.8, 4) is 0 Å². The van der Waals surface area contributed by atoms with Gasteiger partial charge in [-0.25, -0.2) is 0 Å². The quantitative estimate of drug-likeness (QED) is 0.841. The molecule has 0 unspecified atom stereocenters. The molecule has 0 aromatic heterocycles. The second-order valence-corrected chi connectivity index (χ2v) is 5.11. The molecule has 0 spiro atoms. The summed E-state index contributed by atoms with van der Waals surface area (Å²) >= 11 is 3.38. The van der Waals surface area contributed by atoms with Gasteiger partial charge in [0.2, 0.25) is 5.91 Å². The SMILES string of the molecule is O=C(C=Cc1cccc(Br)c1)Nc1ccccc1CO. The minimum Gasteiger partial charge on any atom is -0.392 e. The minimum absolute atomic E-state index is 0.105. The average molecular weight is 332 g/mol. The van der Waals surface area contributed by atoms with E-state index < -0.39 is 0 Å². The minimum atomic E-state index is -0.231. The predicted molar refractivity (Wildman–Crippen MR) is 84.2 cm³/mol. The predicted octanol–water partition coefficient (Wildman–Crippen LogP) is 3.59. The van der Waals surface area contributed by atoms with Gasteiger partial charge in [-0.15, -0.1) is 0 Å². The molecule has 2 N–H and O–H groups in total. The molecule has 0 bridgehead atoms. The molecule has 0 atom stereocenters. The number of hydrogen-bond donors (Lipinski definition) is 2. The molecular formula is C16H14BrNO2. The first-order valence-electron chi connectivity index (χ1n) is 6.12. The van der Waals surface area contributed by atoms with Crippen LogP contribution >= 0.6 is 15.9 Å². The number of rotatable bonds is 4. The monoisotopic (exact) mass is 331 g/mol. The lowest BCUT2D eigenvalue weighted by molar-refractivity contribution is -0.111. The Morgan fingerprint density at radius 2 is 2.00 bits per heavy atom. The van der Waals surface area contributed by atoms with Crippen molar-refractivity contribution < 1.29 is 9.90 Å². The standard InChI is InChI=1S/C16H14BrNO2/c17-14-6-3-4-12(10-14)8-9-16(20)18-15-7-2-1-5-13(15)11-19/h1-10,19H,11H2,(H,18,20). The van der Waals surface area contributed by atoms with E-state index in [0.29, 0.717) is 11.3 Å². The summed E-state index contributed by atoms with van der Waals surface area (Å²) in [5.74, 6) is -0.231. The van der Waals surface area contributed by atoms with Crippen LogP contribution in [0.4, 0.5) is 5.69 Å². The van der Waals surface area contributed by atoms with Gasteiger partial charge in [0.1, 0.15) is 0 Å². The highest BCUT2D eigenvalue weighted by molar-refractivity contribution is 9.10. The summed E-state index contributed by atoms with van der Waals surface area (Å²) in [7, 11) is 0. The van der Waals surface area contributed by atoms with Gasteiger partial charge < -0.3 is 10.4 Å². The van der Waals surface area contributed by atoms with E-state index in [1.807, 2.05) is 36.4 Å². The molecule has 1 amide bonds. The molecule has 4 heteroatoms. The normalized spacial score (nSPS) is 10.7. The van der Waals surface area contributed by atoms with Crippen molar-refractivity contribution in [3.63, 3.8) is 0 Å². The maximum absolute atomic E-state index is 11.8. The van der Waals surface area contributed by atoms with Crippen LogP contribution in [0, 0.1) is 0 Å². The van der Waals surface area contributed by atoms with Crippen molar-refractivity contribution in [2.24, 2.45) is 0 Å². The van der Waals surface area contributed by atoms with Gasteiger partial charge >= 0.3 is 0 Å². The average Bonchev–Trinajstić information content (AvgIpc) is 2.46. The number of aliphatic hydroxyl groups excluding tert-OH is 1. The van der Waals surface area contributed by atoms with Crippen molar-refractivity contribution >= 4 is 33.6 Å². The van der Waals surface area contributed by atoms with E-state index in [0.717, 1.165) is 10.0 Å². The van der Waals surface area contributed by atoms with E-state index in [-0.39, 0.29) is 12.5 Å². The molecule has 2 rings (SSSR count). The molecule has 2 aromatic carbocycles. The van der Waals surface area contributed by atoms with Crippen LogP contribution in [0.5, 0.6) is 0 Å². The van der Waals surface area contributed by atoms with E-state index >= 15 is 0 Å². The molecule has 0 saturated heterocycles. The summed E-state index contributed by atoms with van der Waals surface area (Å²) in [4.78, 5) is 11.8.